The van der Waals surface area contributed by atoms with E-state index in [1.807, 2.05) is 31.2 Å². The molecule has 1 aliphatic heterocycles. The fraction of sp³-hybridized carbons (Fsp3) is 0.524. The minimum atomic E-state index is -0.0371. The number of aromatic nitrogens is 1. The van der Waals surface area contributed by atoms with E-state index in [4.69, 9.17) is 16.3 Å². The van der Waals surface area contributed by atoms with Gasteiger partial charge in [-0.3, -0.25) is 9.69 Å². The molecule has 7 heteroatoms. The Morgan fingerprint density at radius 1 is 1.32 bits per heavy atom. The first-order chi connectivity index (χ1) is 13.6. The Balaban J connectivity index is 1.69. The molecule has 1 aromatic heterocycles. The third-order valence-electron chi connectivity index (χ3n) is 4.99. The number of thiazole rings is 1. The Bertz CT molecular complexity index is 772. The van der Waals surface area contributed by atoms with Crippen LogP contribution < -0.4 is 5.32 Å². The number of unbranched alkanes of at least 4 members (excludes halogenated alkanes) is 1. The molecule has 1 aromatic carbocycles. The number of hydrogen-bond donors (Lipinski definition) is 1. The van der Waals surface area contributed by atoms with Crippen molar-refractivity contribution in [2.45, 2.75) is 39.2 Å². The lowest BCUT2D eigenvalue weighted by Crippen LogP contribution is -2.43. The highest BCUT2D eigenvalue weighted by Gasteiger charge is 2.24. The first kappa shape index (κ1) is 21.2. The number of carbonyl (C=O) groups excluding carboxylic acids is 1. The zero-order chi connectivity index (χ0) is 19.9. The second kappa shape index (κ2) is 10.3. The van der Waals surface area contributed by atoms with Crippen LogP contribution in [0, 0.1) is 6.92 Å². The molecular formula is C21H28ClN3O2S. The van der Waals surface area contributed by atoms with Gasteiger partial charge in [-0.15, -0.1) is 11.3 Å². The predicted molar refractivity (Wildman–Crippen MR) is 114 cm³/mol. The van der Waals surface area contributed by atoms with Crippen LogP contribution in [0.2, 0.25) is 5.02 Å². The smallest absolute Gasteiger partial charge is 0.263 e. The Labute approximate surface area is 176 Å². The van der Waals surface area contributed by atoms with Crippen LogP contribution in [-0.2, 0) is 11.2 Å². The number of nitrogens with one attached hydrogen (secondary N) is 1. The van der Waals surface area contributed by atoms with Crippen molar-refractivity contribution >= 4 is 28.8 Å². The maximum absolute atomic E-state index is 12.8. The van der Waals surface area contributed by atoms with E-state index in [0.717, 1.165) is 53.5 Å². The second-order valence-corrected chi connectivity index (χ2v) is 8.57. The molecular weight excluding hydrogens is 394 g/mol. The molecule has 1 atom stereocenters. The number of nitrogens with zero attached hydrogens (tertiary/aromatic N) is 2. The highest BCUT2D eigenvalue weighted by atomic mass is 35.5. The van der Waals surface area contributed by atoms with E-state index >= 15 is 0 Å². The normalized spacial score (nSPS) is 16.1. The summed E-state index contributed by atoms with van der Waals surface area (Å²) in [6.07, 6.45) is 3.17. The van der Waals surface area contributed by atoms with E-state index in [1.54, 1.807) is 0 Å². The number of halogens is 1. The second-order valence-electron chi connectivity index (χ2n) is 7.05. The van der Waals surface area contributed by atoms with Gasteiger partial charge in [0, 0.05) is 24.7 Å². The third-order valence-corrected chi connectivity index (χ3v) is 6.46. The van der Waals surface area contributed by atoms with Crippen molar-refractivity contribution < 1.29 is 9.53 Å². The average molecular weight is 422 g/mol. The van der Waals surface area contributed by atoms with Gasteiger partial charge >= 0.3 is 0 Å². The molecule has 1 aliphatic rings. The van der Waals surface area contributed by atoms with E-state index < -0.39 is 0 Å². The monoisotopic (exact) mass is 421 g/mol. The average Bonchev–Trinajstić information content (AvgIpc) is 3.09. The Hall–Kier alpha value is -1.47. The number of hydrogen-bond acceptors (Lipinski definition) is 5. The van der Waals surface area contributed by atoms with Gasteiger partial charge in [-0.2, -0.15) is 0 Å². The predicted octanol–water partition coefficient (Wildman–Crippen LogP) is 4.25. The minimum absolute atomic E-state index is 0.0371. The van der Waals surface area contributed by atoms with Gasteiger partial charge in [0.05, 0.1) is 30.0 Å². The van der Waals surface area contributed by atoms with E-state index in [0.29, 0.717) is 24.8 Å². The van der Waals surface area contributed by atoms with Crippen molar-refractivity contribution in [3.63, 3.8) is 0 Å². The quantitative estimate of drug-likeness (QED) is 0.692. The molecule has 1 unspecified atom stereocenters. The number of morpholine rings is 1. The van der Waals surface area contributed by atoms with E-state index in [-0.39, 0.29) is 11.9 Å². The Morgan fingerprint density at radius 3 is 2.71 bits per heavy atom. The number of benzene rings is 1. The summed E-state index contributed by atoms with van der Waals surface area (Å²) in [5, 5.41) is 4.90. The van der Waals surface area contributed by atoms with Crippen molar-refractivity contribution in [3.05, 3.63) is 50.4 Å². The lowest BCUT2D eigenvalue weighted by Gasteiger charge is -2.35. The summed E-state index contributed by atoms with van der Waals surface area (Å²) in [6.45, 7) is 7.76. The maximum atomic E-state index is 12.8. The first-order valence-electron chi connectivity index (χ1n) is 9.90. The molecule has 152 valence electrons. The van der Waals surface area contributed by atoms with Crippen molar-refractivity contribution in [1.82, 2.24) is 15.2 Å². The van der Waals surface area contributed by atoms with Crippen LogP contribution in [0.1, 0.15) is 51.7 Å². The highest BCUT2D eigenvalue weighted by Crippen LogP contribution is 2.24. The molecule has 0 spiro atoms. The van der Waals surface area contributed by atoms with Gasteiger partial charge in [0.1, 0.15) is 4.88 Å². The Kier molecular flexibility index (Phi) is 7.85. The van der Waals surface area contributed by atoms with Gasteiger partial charge in [-0.1, -0.05) is 37.1 Å². The fourth-order valence-electron chi connectivity index (χ4n) is 3.40. The lowest BCUT2D eigenvalue weighted by molar-refractivity contribution is 0.0162. The number of aryl methyl sites for hydroxylation is 2. The zero-order valence-electron chi connectivity index (χ0n) is 16.5. The summed E-state index contributed by atoms with van der Waals surface area (Å²) in [4.78, 5) is 20.5. The topological polar surface area (TPSA) is 54.5 Å². The van der Waals surface area contributed by atoms with Gasteiger partial charge in [0.25, 0.3) is 5.91 Å². The van der Waals surface area contributed by atoms with Crippen LogP contribution in [-0.4, -0.2) is 48.6 Å². The van der Waals surface area contributed by atoms with Crippen LogP contribution in [0.5, 0.6) is 0 Å². The van der Waals surface area contributed by atoms with Gasteiger partial charge in [-0.25, -0.2) is 4.98 Å². The summed E-state index contributed by atoms with van der Waals surface area (Å²) in [5.74, 6) is -0.0371. The molecule has 1 fully saturated rings. The Morgan fingerprint density at radius 2 is 2.04 bits per heavy atom. The summed E-state index contributed by atoms with van der Waals surface area (Å²) in [5.41, 5.74) is 1.97. The van der Waals surface area contributed by atoms with E-state index in [1.165, 1.54) is 11.3 Å². The van der Waals surface area contributed by atoms with Crippen molar-refractivity contribution in [2.24, 2.45) is 0 Å². The van der Waals surface area contributed by atoms with Crippen molar-refractivity contribution in [2.75, 3.05) is 32.8 Å². The molecule has 2 heterocycles. The standard InChI is InChI=1S/C21H28ClN3O2S/c1-3-4-5-19-24-15(2)20(28-19)21(26)23-14-18(25-10-12-27-13-11-25)16-6-8-17(22)9-7-16/h6-9,18H,3-5,10-14H2,1-2H3,(H,23,26). The summed E-state index contributed by atoms with van der Waals surface area (Å²) in [6, 6.07) is 7.97. The SMILES string of the molecule is CCCCc1nc(C)c(C(=O)NCC(c2ccc(Cl)cc2)N2CCOCC2)s1. The van der Waals surface area contributed by atoms with Gasteiger partial charge in [-0.05, 0) is 37.5 Å². The van der Waals surface area contributed by atoms with Gasteiger partial charge in [0.15, 0.2) is 0 Å². The van der Waals surface area contributed by atoms with E-state index in [2.05, 4.69) is 22.1 Å². The molecule has 2 aromatic rings. The number of ether oxygens (including phenoxy) is 1. The number of rotatable bonds is 8. The molecule has 1 N–H and O–H groups in total. The zero-order valence-corrected chi connectivity index (χ0v) is 18.1. The minimum Gasteiger partial charge on any atom is -0.379 e. The van der Waals surface area contributed by atoms with Crippen molar-refractivity contribution in [3.8, 4) is 0 Å². The van der Waals surface area contributed by atoms with Crippen LogP contribution in [0.15, 0.2) is 24.3 Å². The highest BCUT2D eigenvalue weighted by molar-refractivity contribution is 7.13. The van der Waals surface area contributed by atoms with Gasteiger partial charge in [0.2, 0.25) is 0 Å². The molecule has 0 radical (unpaired) electrons. The molecule has 0 saturated carbocycles. The third kappa shape index (κ3) is 5.54. The summed E-state index contributed by atoms with van der Waals surface area (Å²) in [7, 11) is 0. The molecule has 0 bridgehead atoms. The van der Waals surface area contributed by atoms with Crippen LogP contribution in [0.3, 0.4) is 0 Å². The molecule has 5 nitrogen and oxygen atoms in total. The van der Waals surface area contributed by atoms with E-state index in [9.17, 15) is 4.79 Å². The summed E-state index contributed by atoms with van der Waals surface area (Å²) < 4.78 is 5.49. The number of carbonyl (C=O) groups is 1. The first-order valence-corrected chi connectivity index (χ1v) is 11.1. The largest absolute Gasteiger partial charge is 0.379 e. The molecule has 28 heavy (non-hydrogen) atoms. The lowest BCUT2D eigenvalue weighted by atomic mass is 10.0. The van der Waals surface area contributed by atoms with Crippen LogP contribution in [0.25, 0.3) is 0 Å². The molecule has 1 amide bonds. The molecule has 3 rings (SSSR count). The summed E-state index contributed by atoms with van der Waals surface area (Å²) >= 11 is 7.58. The molecule has 1 saturated heterocycles. The fourth-order valence-corrected chi connectivity index (χ4v) is 4.55. The maximum Gasteiger partial charge on any atom is 0.263 e. The van der Waals surface area contributed by atoms with Crippen molar-refractivity contribution in [1.29, 1.82) is 0 Å². The van der Waals surface area contributed by atoms with Crippen LogP contribution >= 0.6 is 22.9 Å². The van der Waals surface area contributed by atoms with Crippen LogP contribution in [0.4, 0.5) is 0 Å². The molecule has 0 aliphatic carbocycles. The number of amides is 1. The van der Waals surface area contributed by atoms with Gasteiger partial charge < -0.3 is 10.1 Å².